The van der Waals surface area contributed by atoms with Gasteiger partial charge in [-0.1, -0.05) is 6.07 Å². The highest BCUT2D eigenvalue weighted by molar-refractivity contribution is 5.66. The molecule has 2 heterocycles. The number of pyridine rings is 1. The van der Waals surface area contributed by atoms with Crippen molar-refractivity contribution in [3.05, 3.63) is 60.7 Å². The van der Waals surface area contributed by atoms with Gasteiger partial charge < -0.3 is 20.1 Å². The van der Waals surface area contributed by atoms with Crippen molar-refractivity contribution in [1.29, 1.82) is 0 Å². The standard InChI is InChI=1S/C18H19N5O2/c1-24-14-5-6-15(16(8-14)25-2)23-18-9-17(21-12-22-18)20-11-13-4-3-7-19-10-13/h3-10,12H,11H2,1-2H3,(H2,20,21,22,23). The van der Waals surface area contributed by atoms with Gasteiger partial charge in [-0.2, -0.15) is 0 Å². The Hall–Kier alpha value is -3.35. The van der Waals surface area contributed by atoms with Gasteiger partial charge in [-0.15, -0.1) is 0 Å². The SMILES string of the molecule is COc1ccc(Nc2cc(NCc3cccnc3)ncn2)c(OC)c1. The van der Waals surface area contributed by atoms with E-state index in [1.807, 2.05) is 42.6 Å². The molecule has 2 aromatic heterocycles. The Morgan fingerprint density at radius 2 is 1.88 bits per heavy atom. The Morgan fingerprint density at radius 1 is 1.00 bits per heavy atom. The van der Waals surface area contributed by atoms with Crippen molar-refractivity contribution in [3.8, 4) is 11.5 Å². The van der Waals surface area contributed by atoms with Crippen LogP contribution in [-0.4, -0.2) is 29.2 Å². The van der Waals surface area contributed by atoms with E-state index in [4.69, 9.17) is 9.47 Å². The van der Waals surface area contributed by atoms with E-state index in [2.05, 4.69) is 25.6 Å². The van der Waals surface area contributed by atoms with Crippen molar-refractivity contribution in [2.75, 3.05) is 24.9 Å². The summed E-state index contributed by atoms with van der Waals surface area (Å²) < 4.78 is 10.6. The highest BCUT2D eigenvalue weighted by atomic mass is 16.5. The summed E-state index contributed by atoms with van der Waals surface area (Å²) in [6, 6.07) is 11.3. The molecule has 0 saturated heterocycles. The smallest absolute Gasteiger partial charge is 0.146 e. The van der Waals surface area contributed by atoms with Crippen molar-refractivity contribution < 1.29 is 9.47 Å². The van der Waals surface area contributed by atoms with E-state index in [-0.39, 0.29) is 0 Å². The summed E-state index contributed by atoms with van der Waals surface area (Å²) in [6.07, 6.45) is 5.07. The van der Waals surface area contributed by atoms with Crippen LogP contribution in [0.1, 0.15) is 5.56 Å². The third kappa shape index (κ3) is 4.35. The van der Waals surface area contributed by atoms with E-state index in [0.29, 0.717) is 23.9 Å². The summed E-state index contributed by atoms with van der Waals surface area (Å²) in [4.78, 5) is 12.6. The lowest BCUT2D eigenvalue weighted by molar-refractivity contribution is 0.395. The maximum atomic E-state index is 5.39. The fourth-order valence-corrected chi connectivity index (χ4v) is 2.26. The van der Waals surface area contributed by atoms with Crippen LogP contribution in [0.25, 0.3) is 0 Å². The highest BCUT2D eigenvalue weighted by Crippen LogP contribution is 2.31. The van der Waals surface area contributed by atoms with Crippen molar-refractivity contribution in [1.82, 2.24) is 15.0 Å². The molecule has 0 atom stereocenters. The summed E-state index contributed by atoms with van der Waals surface area (Å²) in [7, 11) is 3.23. The molecule has 0 saturated carbocycles. The molecule has 7 heteroatoms. The van der Waals surface area contributed by atoms with Crippen LogP contribution in [0.4, 0.5) is 17.3 Å². The molecule has 0 fully saturated rings. The summed E-state index contributed by atoms with van der Waals surface area (Å²) in [5.41, 5.74) is 1.87. The molecule has 1 aromatic carbocycles. The Balaban J connectivity index is 1.71. The van der Waals surface area contributed by atoms with E-state index in [0.717, 1.165) is 17.0 Å². The van der Waals surface area contributed by atoms with Crippen LogP contribution in [0.5, 0.6) is 11.5 Å². The molecule has 0 spiro atoms. The number of nitrogens with one attached hydrogen (secondary N) is 2. The summed E-state index contributed by atoms with van der Waals surface area (Å²) in [5, 5.41) is 6.48. The molecule has 0 unspecified atom stereocenters. The lowest BCUT2D eigenvalue weighted by atomic mass is 10.2. The maximum Gasteiger partial charge on any atom is 0.146 e. The van der Waals surface area contributed by atoms with Crippen LogP contribution in [0.3, 0.4) is 0 Å². The molecular formula is C18H19N5O2. The predicted octanol–water partition coefficient (Wildman–Crippen LogP) is 3.24. The Morgan fingerprint density at radius 3 is 2.64 bits per heavy atom. The molecule has 2 N–H and O–H groups in total. The molecule has 25 heavy (non-hydrogen) atoms. The maximum absolute atomic E-state index is 5.39. The first kappa shape index (κ1) is 16.5. The molecule has 0 radical (unpaired) electrons. The number of hydrogen-bond acceptors (Lipinski definition) is 7. The van der Waals surface area contributed by atoms with Crippen molar-refractivity contribution >= 4 is 17.3 Å². The van der Waals surface area contributed by atoms with E-state index < -0.39 is 0 Å². The van der Waals surface area contributed by atoms with Gasteiger partial charge in [0.05, 0.1) is 19.9 Å². The minimum atomic E-state index is 0.635. The van der Waals surface area contributed by atoms with Crippen LogP contribution in [0.2, 0.25) is 0 Å². The lowest BCUT2D eigenvalue weighted by Gasteiger charge is -2.12. The number of methoxy groups -OCH3 is 2. The lowest BCUT2D eigenvalue weighted by Crippen LogP contribution is -2.03. The van der Waals surface area contributed by atoms with E-state index >= 15 is 0 Å². The van der Waals surface area contributed by atoms with Gasteiger partial charge in [0.15, 0.2) is 0 Å². The van der Waals surface area contributed by atoms with Crippen LogP contribution in [0.15, 0.2) is 55.1 Å². The normalized spacial score (nSPS) is 10.2. The summed E-state index contributed by atoms with van der Waals surface area (Å²) in [5.74, 6) is 2.77. The average molecular weight is 337 g/mol. The molecule has 0 aliphatic heterocycles. The zero-order valence-electron chi connectivity index (χ0n) is 14.1. The van der Waals surface area contributed by atoms with Crippen molar-refractivity contribution in [2.45, 2.75) is 6.54 Å². The minimum absolute atomic E-state index is 0.635. The fraction of sp³-hybridized carbons (Fsp3) is 0.167. The number of anilines is 3. The third-order valence-electron chi connectivity index (χ3n) is 3.53. The first-order valence-electron chi connectivity index (χ1n) is 7.72. The molecule has 3 rings (SSSR count). The third-order valence-corrected chi connectivity index (χ3v) is 3.53. The summed E-state index contributed by atoms with van der Waals surface area (Å²) in [6.45, 7) is 0.635. The Labute approximate surface area is 146 Å². The van der Waals surface area contributed by atoms with E-state index in [1.165, 1.54) is 6.33 Å². The van der Waals surface area contributed by atoms with Crippen LogP contribution in [-0.2, 0) is 6.54 Å². The minimum Gasteiger partial charge on any atom is -0.497 e. The molecule has 0 aliphatic rings. The molecular weight excluding hydrogens is 318 g/mol. The predicted molar refractivity (Wildman–Crippen MR) is 96.4 cm³/mol. The molecule has 3 aromatic rings. The van der Waals surface area contributed by atoms with Crippen LogP contribution < -0.4 is 20.1 Å². The zero-order valence-corrected chi connectivity index (χ0v) is 14.1. The Kier molecular flexibility index (Phi) is 5.26. The number of benzene rings is 1. The first-order valence-corrected chi connectivity index (χ1v) is 7.72. The average Bonchev–Trinajstić information content (AvgIpc) is 2.68. The second-order valence-corrected chi connectivity index (χ2v) is 5.19. The van der Waals surface area contributed by atoms with Crippen LogP contribution >= 0.6 is 0 Å². The van der Waals surface area contributed by atoms with Gasteiger partial charge >= 0.3 is 0 Å². The number of ether oxygens (including phenoxy) is 2. The van der Waals surface area contributed by atoms with Crippen molar-refractivity contribution in [3.63, 3.8) is 0 Å². The molecule has 0 aliphatic carbocycles. The second-order valence-electron chi connectivity index (χ2n) is 5.19. The molecule has 0 amide bonds. The largest absolute Gasteiger partial charge is 0.497 e. The van der Waals surface area contributed by atoms with E-state index in [1.54, 1.807) is 20.4 Å². The van der Waals surface area contributed by atoms with Gasteiger partial charge in [0.25, 0.3) is 0 Å². The van der Waals surface area contributed by atoms with E-state index in [9.17, 15) is 0 Å². The van der Waals surface area contributed by atoms with Crippen molar-refractivity contribution in [2.24, 2.45) is 0 Å². The van der Waals surface area contributed by atoms with Gasteiger partial charge in [-0.3, -0.25) is 4.98 Å². The zero-order chi connectivity index (χ0) is 17.5. The van der Waals surface area contributed by atoms with Gasteiger partial charge in [0, 0.05) is 31.1 Å². The number of hydrogen-bond donors (Lipinski definition) is 2. The molecule has 128 valence electrons. The molecule has 0 bridgehead atoms. The second kappa shape index (κ2) is 7.96. The summed E-state index contributed by atoms with van der Waals surface area (Å²) >= 11 is 0. The van der Waals surface area contributed by atoms with Gasteiger partial charge in [0.1, 0.15) is 29.5 Å². The number of rotatable bonds is 7. The van der Waals surface area contributed by atoms with Crippen LogP contribution in [0, 0.1) is 0 Å². The topological polar surface area (TPSA) is 81.2 Å². The highest BCUT2D eigenvalue weighted by Gasteiger charge is 2.07. The van der Waals surface area contributed by atoms with Gasteiger partial charge in [0.2, 0.25) is 0 Å². The molecule has 7 nitrogen and oxygen atoms in total. The van der Waals surface area contributed by atoms with Gasteiger partial charge in [-0.25, -0.2) is 9.97 Å². The Bertz CT molecular complexity index is 827. The first-order chi connectivity index (χ1) is 12.3. The number of aromatic nitrogens is 3. The quantitative estimate of drug-likeness (QED) is 0.685. The number of nitrogens with zero attached hydrogens (tertiary/aromatic N) is 3. The monoisotopic (exact) mass is 337 g/mol. The fourth-order valence-electron chi connectivity index (χ4n) is 2.26. The van der Waals surface area contributed by atoms with Gasteiger partial charge in [-0.05, 0) is 23.8 Å².